The fourth-order valence-electron chi connectivity index (χ4n) is 1.82. The van der Waals surface area contributed by atoms with Crippen molar-refractivity contribution in [3.63, 3.8) is 0 Å². The van der Waals surface area contributed by atoms with E-state index < -0.39 is 0 Å². The molecule has 2 aromatic rings. The topological polar surface area (TPSA) is 0 Å². The van der Waals surface area contributed by atoms with Crippen LogP contribution in [0.15, 0.2) is 60.7 Å². The average Bonchev–Trinajstić information content (AvgIpc) is 3.03. The van der Waals surface area contributed by atoms with Crippen LogP contribution < -0.4 is 0 Å². The first-order chi connectivity index (χ1) is 7.88. The molecule has 3 rings (SSSR count). The lowest BCUT2D eigenvalue weighted by Gasteiger charge is -1.92. The van der Waals surface area contributed by atoms with E-state index in [-0.39, 0.29) is 6.40 Å². The van der Waals surface area contributed by atoms with Gasteiger partial charge in [-0.15, -0.1) is 0 Å². The molecule has 0 N–H and O–H groups in total. The summed E-state index contributed by atoms with van der Waals surface area (Å²) in [6.45, 7) is 0. The molecule has 72 valence electrons. The Kier molecular flexibility index (Phi) is 1.69. The van der Waals surface area contributed by atoms with Gasteiger partial charge < -0.3 is 0 Å². The first kappa shape index (κ1) is 7.47. The number of hydrogen-bond donors (Lipinski definition) is 0. The molecule has 2 aromatic carbocycles. The second kappa shape index (κ2) is 3.39. The summed E-state index contributed by atoms with van der Waals surface area (Å²) in [5.74, 6) is 0. The molecule has 0 radical (unpaired) electrons. The van der Waals surface area contributed by atoms with Crippen LogP contribution in [0.3, 0.4) is 0 Å². The monoisotopic (exact) mass is 193 g/mol. The normalized spacial score (nSPS) is 16.4. The van der Waals surface area contributed by atoms with Gasteiger partial charge in [-0.25, -0.2) is 0 Å². The summed E-state index contributed by atoms with van der Waals surface area (Å²) in [6.07, 6.45) is -0.134. The molecule has 0 amide bonds. The van der Waals surface area contributed by atoms with Crippen LogP contribution in [0.1, 0.15) is 18.9 Å². The second-order valence-electron chi connectivity index (χ2n) is 3.70. The van der Waals surface area contributed by atoms with Crippen molar-refractivity contribution in [2.75, 3.05) is 0 Å². The summed E-state index contributed by atoms with van der Waals surface area (Å²) in [7, 11) is 0. The van der Waals surface area contributed by atoms with Crippen molar-refractivity contribution >= 4 is 11.1 Å². The van der Waals surface area contributed by atoms with Gasteiger partial charge >= 0.3 is 0 Å². The SMILES string of the molecule is [2H]C1C(c2ccccc2)=C1c1ccccc1. The van der Waals surface area contributed by atoms with Crippen LogP contribution >= 0.6 is 0 Å². The third kappa shape index (κ3) is 1.59. The maximum atomic E-state index is 8.01. The van der Waals surface area contributed by atoms with Gasteiger partial charge in [0.1, 0.15) is 0 Å². The molecule has 0 fully saturated rings. The molecule has 1 aliphatic rings. The zero-order valence-corrected chi connectivity index (χ0v) is 8.35. The average molecular weight is 193 g/mol. The highest BCUT2D eigenvalue weighted by Crippen LogP contribution is 2.46. The van der Waals surface area contributed by atoms with Crippen molar-refractivity contribution in [1.82, 2.24) is 0 Å². The Balaban J connectivity index is 2.02. The van der Waals surface area contributed by atoms with E-state index in [0.29, 0.717) is 0 Å². The summed E-state index contributed by atoms with van der Waals surface area (Å²) < 4.78 is 8.01. The number of benzene rings is 2. The van der Waals surface area contributed by atoms with Gasteiger partial charge in [0.15, 0.2) is 0 Å². The zero-order chi connectivity index (χ0) is 11.0. The first-order valence-electron chi connectivity index (χ1n) is 5.73. The van der Waals surface area contributed by atoms with Crippen molar-refractivity contribution in [2.45, 2.75) is 6.40 Å². The zero-order valence-electron chi connectivity index (χ0n) is 9.35. The molecule has 0 heterocycles. The lowest BCUT2D eigenvalue weighted by Crippen LogP contribution is -1.70. The van der Waals surface area contributed by atoms with Crippen LogP contribution in [0.5, 0.6) is 0 Å². The van der Waals surface area contributed by atoms with Crippen molar-refractivity contribution in [1.29, 1.82) is 0 Å². The Hall–Kier alpha value is -1.82. The van der Waals surface area contributed by atoms with Gasteiger partial charge in [-0.2, -0.15) is 0 Å². The summed E-state index contributed by atoms with van der Waals surface area (Å²) in [6, 6.07) is 20.4. The van der Waals surface area contributed by atoms with Gasteiger partial charge in [0, 0.05) is 1.37 Å². The molecule has 0 bridgehead atoms. The smallest absolute Gasteiger partial charge is 0.0366 e. The molecule has 15 heavy (non-hydrogen) atoms. The molecule has 0 saturated carbocycles. The molecule has 0 aromatic heterocycles. The highest BCUT2D eigenvalue weighted by Gasteiger charge is 2.23. The Labute approximate surface area is 91.3 Å². The van der Waals surface area contributed by atoms with Gasteiger partial charge in [-0.3, -0.25) is 0 Å². The van der Waals surface area contributed by atoms with E-state index in [1.807, 2.05) is 36.4 Å². The number of hydrogen-bond acceptors (Lipinski definition) is 0. The van der Waals surface area contributed by atoms with Crippen LogP contribution in [0.4, 0.5) is 0 Å². The predicted molar refractivity (Wildman–Crippen MR) is 64.3 cm³/mol. The molecule has 0 nitrogen and oxygen atoms in total. The Bertz CT molecular complexity index is 476. The summed E-state index contributed by atoms with van der Waals surface area (Å²) >= 11 is 0. The van der Waals surface area contributed by atoms with E-state index in [9.17, 15) is 0 Å². The fraction of sp³-hybridized carbons (Fsp3) is 0.0667. The van der Waals surface area contributed by atoms with E-state index >= 15 is 0 Å². The molecule has 0 heteroatoms. The van der Waals surface area contributed by atoms with Crippen LogP contribution in [-0.4, -0.2) is 0 Å². The Morgan fingerprint density at radius 2 is 1.07 bits per heavy atom. The highest BCUT2D eigenvalue weighted by molar-refractivity contribution is 6.07. The molecular formula is C15H12. The summed E-state index contributed by atoms with van der Waals surface area (Å²) in [4.78, 5) is 0. The molecule has 0 aliphatic heterocycles. The minimum Gasteiger partial charge on any atom is -0.0622 e. The second-order valence-corrected chi connectivity index (χ2v) is 3.70. The van der Waals surface area contributed by atoms with Gasteiger partial charge in [-0.1, -0.05) is 60.7 Å². The van der Waals surface area contributed by atoms with Crippen LogP contribution in [0, 0.1) is 0 Å². The van der Waals surface area contributed by atoms with Crippen molar-refractivity contribution < 1.29 is 1.37 Å². The molecule has 1 aliphatic carbocycles. The van der Waals surface area contributed by atoms with E-state index in [1.54, 1.807) is 0 Å². The van der Waals surface area contributed by atoms with E-state index in [2.05, 4.69) is 24.3 Å². The van der Waals surface area contributed by atoms with Gasteiger partial charge in [0.25, 0.3) is 0 Å². The van der Waals surface area contributed by atoms with Crippen molar-refractivity contribution in [3.05, 3.63) is 71.8 Å². The minimum atomic E-state index is -0.134. The fourth-order valence-corrected chi connectivity index (χ4v) is 1.82. The number of rotatable bonds is 2. The van der Waals surface area contributed by atoms with E-state index in [1.165, 1.54) is 22.3 Å². The van der Waals surface area contributed by atoms with Gasteiger partial charge in [0.05, 0.1) is 0 Å². The van der Waals surface area contributed by atoms with Crippen molar-refractivity contribution in [2.24, 2.45) is 0 Å². The predicted octanol–water partition coefficient (Wildman–Crippen LogP) is 4.00. The number of allylic oxidation sites excluding steroid dienone is 2. The Morgan fingerprint density at radius 3 is 1.47 bits per heavy atom. The van der Waals surface area contributed by atoms with E-state index in [0.717, 1.165) is 0 Å². The van der Waals surface area contributed by atoms with Crippen LogP contribution in [0.2, 0.25) is 0 Å². The molecule has 0 unspecified atom stereocenters. The van der Waals surface area contributed by atoms with Crippen molar-refractivity contribution in [3.8, 4) is 0 Å². The molecular weight excluding hydrogens is 180 g/mol. The molecule has 0 saturated heterocycles. The quantitative estimate of drug-likeness (QED) is 0.676. The minimum absolute atomic E-state index is 0.134. The lowest BCUT2D eigenvalue weighted by molar-refractivity contribution is 1.57. The third-order valence-corrected chi connectivity index (χ3v) is 2.67. The van der Waals surface area contributed by atoms with Crippen LogP contribution in [-0.2, 0) is 0 Å². The summed E-state index contributed by atoms with van der Waals surface area (Å²) in [5, 5.41) is 0. The Morgan fingerprint density at radius 1 is 0.667 bits per heavy atom. The van der Waals surface area contributed by atoms with Crippen LogP contribution in [0.25, 0.3) is 11.1 Å². The third-order valence-electron chi connectivity index (χ3n) is 2.67. The maximum absolute atomic E-state index is 8.01. The largest absolute Gasteiger partial charge is 0.0622 e. The lowest BCUT2D eigenvalue weighted by atomic mass is 10.1. The van der Waals surface area contributed by atoms with E-state index in [4.69, 9.17) is 1.37 Å². The van der Waals surface area contributed by atoms with Gasteiger partial charge in [0.2, 0.25) is 0 Å². The molecule has 0 spiro atoms. The molecule has 0 atom stereocenters. The first-order valence-corrected chi connectivity index (χ1v) is 5.15. The van der Waals surface area contributed by atoms with Gasteiger partial charge in [-0.05, 0) is 28.7 Å². The summed E-state index contributed by atoms with van der Waals surface area (Å²) in [5.41, 5.74) is 4.71. The standard InChI is InChI=1S/C15H12/c1-3-7-12(8-4-1)14-11-15(14)13-9-5-2-6-10-13/h1-10H,11H2/i11D. The highest BCUT2D eigenvalue weighted by atomic mass is 14.3. The maximum Gasteiger partial charge on any atom is 0.0366 e.